The molecule has 4 heteroatoms. The third-order valence-corrected chi connectivity index (χ3v) is 2.02. The summed E-state index contributed by atoms with van der Waals surface area (Å²) in [5.41, 5.74) is 4.53. The molecule has 0 aliphatic carbocycles. The van der Waals surface area contributed by atoms with E-state index in [0.717, 1.165) is 0 Å². The van der Waals surface area contributed by atoms with Crippen molar-refractivity contribution < 1.29 is 9.90 Å². The van der Waals surface area contributed by atoms with Gasteiger partial charge >= 0.3 is 0 Å². The van der Waals surface area contributed by atoms with Gasteiger partial charge in [0, 0.05) is 19.5 Å². The van der Waals surface area contributed by atoms with Crippen LogP contribution in [0, 0.1) is 5.92 Å². The molecular formula is C10H22N2O2. The lowest BCUT2D eigenvalue weighted by Crippen LogP contribution is -2.42. The number of nitrogens with two attached hydrogens (primary N) is 1. The van der Waals surface area contributed by atoms with Crippen LogP contribution in [0.15, 0.2) is 0 Å². The third-order valence-electron chi connectivity index (χ3n) is 2.02. The van der Waals surface area contributed by atoms with E-state index in [1.165, 1.54) is 0 Å². The van der Waals surface area contributed by atoms with Crippen LogP contribution in [0.25, 0.3) is 0 Å². The van der Waals surface area contributed by atoms with Crippen molar-refractivity contribution in [2.75, 3.05) is 20.1 Å². The molecule has 0 radical (unpaired) electrons. The molecule has 0 aromatic rings. The van der Waals surface area contributed by atoms with Gasteiger partial charge < -0.3 is 15.7 Å². The Bertz CT molecular complexity index is 187. The predicted octanol–water partition coefficient (Wildman–Crippen LogP) is 0.201. The van der Waals surface area contributed by atoms with Crippen LogP contribution >= 0.6 is 0 Å². The first-order valence-corrected chi connectivity index (χ1v) is 4.95. The SMILES string of the molecule is CC(CCN)C(=O)N(C)CC(C)(C)O. The zero-order valence-electron chi connectivity index (χ0n) is 9.58. The molecule has 0 heterocycles. The second-order valence-corrected chi connectivity index (χ2v) is 4.49. The Morgan fingerprint density at radius 2 is 2.07 bits per heavy atom. The van der Waals surface area contributed by atoms with E-state index in [4.69, 9.17) is 5.73 Å². The van der Waals surface area contributed by atoms with Crippen molar-refractivity contribution in [3.63, 3.8) is 0 Å². The highest BCUT2D eigenvalue weighted by atomic mass is 16.3. The first kappa shape index (κ1) is 13.4. The second-order valence-electron chi connectivity index (χ2n) is 4.49. The van der Waals surface area contributed by atoms with Crippen molar-refractivity contribution in [2.24, 2.45) is 11.7 Å². The number of nitrogens with zero attached hydrogens (tertiary/aromatic N) is 1. The van der Waals surface area contributed by atoms with Gasteiger partial charge in [0.15, 0.2) is 0 Å². The third kappa shape index (κ3) is 5.19. The van der Waals surface area contributed by atoms with Crippen LogP contribution in [0.2, 0.25) is 0 Å². The molecule has 1 atom stereocenters. The average Bonchev–Trinajstić information content (AvgIpc) is 2.00. The van der Waals surface area contributed by atoms with Crippen molar-refractivity contribution in [1.29, 1.82) is 0 Å². The van der Waals surface area contributed by atoms with Crippen LogP contribution in [0.5, 0.6) is 0 Å². The van der Waals surface area contributed by atoms with E-state index < -0.39 is 5.60 Å². The minimum absolute atomic E-state index is 0.0394. The van der Waals surface area contributed by atoms with Crippen LogP contribution in [0.1, 0.15) is 27.2 Å². The summed E-state index contributed by atoms with van der Waals surface area (Å²) >= 11 is 0. The highest BCUT2D eigenvalue weighted by molar-refractivity contribution is 5.78. The molecule has 0 aromatic carbocycles. The molecule has 0 aliphatic rings. The molecule has 14 heavy (non-hydrogen) atoms. The Hall–Kier alpha value is -0.610. The molecule has 0 fully saturated rings. The lowest BCUT2D eigenvalue weighted by Gasteiger charge is -2.27. The van der Waals surface area contributed by atoms with E-state index in [1.807, 2.05) is 6.92 Å². The van der Waals surface area contributed by atoms with Gasteiger partial charge in [-0.3, -0.25) is 4.79 Å². The maximum Gasteiger partial charge on any atom is 0.225 e. The van der Waals surface area contributed by atoms with E-state index >= 15 is 0 Å². The van der Waals surface area contributed by atoms with Gasteiger partial charge in [-0.25, -0.2) is 0 Å². The summed E-state index contributed by atoms with van der Waals surface area (Å²) in [6.07, 6.45) is 0.690. The number of aliphatic hydroxyl groups is 1. The molecule has 84 valence electrons. The lowest BCUT2D eigenvalue weighted by atomic mass is 10.0. The Balaban J connectivity index is 4.12. The van der Waals surface area contributed by atoms with Crippen LogP contribution in [-0.2, 0) is 4.79 Å². The molecule has 0 aromatic heterocycles. The standard InChI is InChI=1S/C10H22N2O2/c1-8(5-6-11)9(13)12(4)7-10(2,3)14/h8,14H,5-7,11H2,1-4H3. The molecule has 0 spiro atoms. The van der Waals surface area contributed by atoms with E-state index in [0.29, 0.717) is 19.5 Å². The molecular weight excluding hydrogens is 180 g/mol. The summed E-state index contributed by atoms with van der Waals surface area (Å²) in [4.78, 5) is 13.2. The number of rotatable bonds is 5. The normalized spacial score (nSPS) is 13.9. The molecule has 0 saturated heterocycles. The largest absolute Gasteiger partial charge is 0.389 e. The van der Waals surface area contributed by atoms with Gasteiger partial charge in [0.1, 0.15) is 0 Å². The van der Waals surface area contributed by atoms with Crippen LogP contribution in [0.4, 0.5) is 0 Å². The molecule has 4 nitrogen and oxygen atoms in total. The Morgan fingerprint density at radius 1 is 1.57 bits per heavy atom. The molecule has 0 rings (SSSR count). The van der Waals surface area contributed by atoms with Crippen molar-refractivity contribution in [3.8, 4) is 0 Å². The summed E-state index contributed by atoms with van der Waals surface area (Å²) in [5.74, 6) is -0.0232. The fourth-order valence-corrected chi connectivity index (χ4v) is 1.41. The van der Waals surface area contributed by atoms with Gasteiger partial charge in [0.05, 0.1) is 5.60 Å². The van der Waals surface area contributed by atoms with Crippen molar-refractivity contribution in [1.82, 2.24) is 4.90 Å². The van der Waals surface area contributed by atoms with E-state index in [9.17, 15) is 9.90 Å². The smallest absolute Gasteiger partial charge is 0.225 e. The lowest BCUT2D eigenvalue weighted by molar-refractivity contribution is -0.136. The molecule has 0 bridgehead atoms. The maximum atomic E-state index is 11.7. The monoisotopic (exact) mass is 202 g/mol. The van der Waals surface area contributed by atoms with Gasteiger partial charge in [-0.15, -0.1) is 0 Å². The number of carbonyl (C=O) groups excluding carboxylic acids is 1. The number of hydrogen-bond acceptors (Lipinski definition) is 3. The summed E-state index contributed by atoms with van der Waals surface area (Å²) in [5, 5.41) is 9.53. The zero-order valence-corrected chi connectivity index (χ0v) is 9.58. The summed E-state index contributed by atoms with van der Waals surface area (Å²) in [6, 6.07) is 0. The summed E-state index contributed by atoms with van der Waals surface area (Å²) < 4.78 is 0. The molecule has 1 unspecified atom stereocenters. The van der Waals surface area contributed by atoms with Gasteiger partial charge in [-0.1, -0.05) is 6.92 Å². The van der Waals surface area contributed by atoms with Crippen LogP contribution < -0.4 is 5.73 Å². The minimum atomic E-state index is -0.840. The topological polar surface area (TPSA) is 66.6 Å². The van der Waals surface area contributed by atoms with Crippen LogP contribution in [0.3, 0.4) is 0 Å². The van der Waals surface area contributed by atoms with Gasteiger partial charge in [0.2, 0.25) is 5.91 Å². The van der Waals surface area contributed by atoms with Gasteiger partial charge in [-0.05, 0) is 26.8 Å². The Labute approximate surface area is 86.1 Å². The number of hydrogen-bond donors (Lipinski definition) is 2. The Morgan fingerprint density at radius 3 is 2.43 bits per heavy atom. The highest BCUT2D eigenvalue weighted by Gasteiger charge is 2.22. The number of amides is 1. The average molecular weight is 202 g/mol. The summed E-state index contributed by atoms with van der Waals surface area (Å²) in [7, 11) is 1.70. The first-order chi connectivity index (χ1) is 6.28. The van der Waals surface area contributed by atoms with Crippen LogP contribution in [-0.4, -0.2) is 41.7 Å². The minimum Gasteiger partial charge on any atom is -0.389 e. The van der Waals surface area contributed by atoms with Gasteiger partial charge in [-0.2, -0.15) is 0 Å². The molecule has 0 saturated carbocycles. The molecule has 0 aliphatic heterocycles. The second kappa shape index (κ2) is 5.32. The summed E-state index contributed by atoms with van der Waals surface area (Å²) in [6.45, 7) is 6.09. The van der Waals surface area contributed by atoms with Crippen molar-refractivity contribution in [2.45, 2.75) is 32.8 Å². The molecule has 3 N–H and O–H groups in total. The van der Waals surface area contributed by atoms with E-state index in [1.54, 1.807) is 25.8 Å². The number of carbonyl (C=O) groups is 1. The fourth-order valence-electron chi connectivity index (χ4n) is 1.41. The first-order valence-electron chi connectivity index (χ1n) is 4.95. The van der Waals surface area contributed by atoms with Gasteiger partial charge in [0.25, 0.3) is 0 Å². The van der Waals surface area contributed by atoms with E-state index in [-0.39, 0.29) is 11.8 Å². The maximum absolute atomic E-state index is 11.7. The highest BCUT2D eigenvalue weighted by Crippen LogP contribution is 2.09. The van der Waals surface area contributed by atoms with Crippen molar-refractivity contribution in [3.05, 3.63) is 0 Å². The van der Waals surface area contributed by atoms with E-state index in [2.05, 4.69) is 0 Å². The predicted molar refractivity (Wildman–Crippen MR) is 56.8 cm³/mol. The number of likely N-dealkylation sites (N-methyl/N-ethyl adjacent to an activating group) is 1. The molecule has 1 amide bonds. The van der Waals surface area contributed by atoms with Crippen molar-refractivity contribution >= 4 is 5.91 Å². The fraction of sp³-hybridized carbons (Fsp3) is 0.900. The quantitative estimate of drug-likeness (QED) is 0.669. The Kier molecular flexibility index (Phi) is 5.08. The zero-order chi connectivity index (χ0) is 11.4.